The predicted molar refractivity (Wildman–Crippen MR) is 80.8 cm³/mol. The van der Waals surface area contributed by atoms with Crippen molar-refractivity contribution < 1.29 is 18.3 Å². The smallest absolute Gasteiger partial charge is 0.281 e. The van der Waals surface area contributed by atoms with Gasteiger partial charge in [0.25, 0.3) is 10.0 Å². The molecule has 0 unspecified atom stereocenters. The number of aliphatic hydroxyl groups excluding tert-OH is 1. The van der Waals surface area contributed by atoms with Crippen LogP contribution in [-0.4, -0.2) is 30.8 Å². The molecule has 0 aliphatic carbocycles. The number of aryl methyl sites for hydroxylation is 1. The molecule has 114 valence electrons. The molecule has 0 atom stereocenters. The number of H-pyrrole nitrogens is 1. The Balaban J connectivity index is 2.37. The average Bonchev–Trinajstić information content (AvgIpc) is 2.82. The number of rotatable bonds is 5. The summed E-state index contributed by atoms with van der Waals surface area (Å²) in [5, 5.41) is 15.3. The van der Waals surface area contributed by atoms with Crippen molar-refractivity contribution in [3.63, 3.8) is 0 Å². The minimum Gasteiger partial charge on any atom is -0.495 e. The van der Waals surface area contributed by atoms with Crippen LogP contribution in [0, 0.1) is 6.92 Å². The van der Waals surface area contributed by atoms with Gasteiger partial charge in [-0.05, 0) is 35.0 Å². The van der Waals surface area contributed by atoms with Crippen molar-refractivity contribution in [1.29, 1.82) is 0 Å². The van der Waals surface area contributed by atoms with E-state index in [4.69, 9.17) is 4.74 Å². The molecule has 21 heavy (non-hydrogen) atoms. The first-order chi connectivity index (χ1) is 9.89. The molecule has 0 aliphatic heterocycles. The van der Waals surface area contributed by atoms with E-state index in [0.29, 0.717) is 21.6 Å². The van der Waals surface area contributed by atoms with Gasteiger partial charge in [-0.1, -0.05) is 0 Å². The third kappa shape index (κ3) is 3.20. The lowest BCUT2D eigenvalue weighted by molar-refractivity contribution is 0.277. The monoisotopic (exact) mass is 375 g/mol. The van der Waals surface area contributed by atoms with Crippen LogP contribution in [0.5, 0.6) is 5.75 Å². The fourth-order valence-corrected chi connectivity index (χ4v) is 3.42. The first kappa shape index (κ1) is 15.8. The predicted octanol–water partition coefficient (Wildman–Crippen LogP) is 1.78. The van der Waals surface area contributed by atoms with Gasteiger partial charge in [0.05, 0.1) is 23.9 Å². The minimum atomic E-state index is -3.90. The van der Waals surface area contributed by atoms with Gasteiger partial charge in [0.2, 0.25) is 5.03 Å². The standard InChI is InChI=1S/C12H14BrN3O4S/c1-7-9(6-17)12(15-14-7)21(18,19)16-8-3-4-10(13)11(5-8)20-2/h3-5,16-17H,6H2,1-2H3,(H,14,15). The number of hydrogen-bond acceptors (Lipinski definition) is 5. The van der Waals surface area contributed by atoms with Gasteiger partial charge in [0, 0.05) is 17.3 Å². The van der Waals surface area contributed by atoms with Crippen LogP contribution >= 0.6 is 15.9 Å². The highest BCUT2D eigenvalue weighted by atomic mass is 79.9. The van der Waals surface area contributed by atoms with Gasteiger partial charge in [0.1, 0.15) is 5.75 Å². The summed E-state index contributed by atoms with van der Waals surface area (Å²) < 4.78 is 32.9. The van der Waals surface area contributed by atoms with E-state index in [1.165, 1.54) is 7.11 Å². The summed E-state index contributed by atoms with van der Waals surface area (Å²) in [5.41, 5.74) is 1.08. The average molecular weight is 376 g/mol. The van der Waals surface area contributed by atoms with Crippen molar-refractivity contribution in [3.05, 3.63) is 33.9 Å². The van der Waals surface area contributed by atoms with Crippen LogP contribution in [0.25, 0.3) is 0 Å². The Kier molecular flexibility index (Phi) is 4.55. The minimum absolute atomic E-state index is 0.218. The fraction of sp³-hybridized carbons (Fsp3) is 0.250. The number of aliphatic hydroxyl groups is 1. The number of sulfonamides is 1. The van der Waals surface area contributed by atoms with E-state index < -0.39 is 16.6 Å². The lowest BCUT2D eigenvalue weighted by atomic mass is 10.3. The van der Waals surface area contributed by atoms with Gasteiger partial charge in [-0.15, -0.1) is 0 Å². The molecule has 0 saturated carbocycles. The summed E-state index contributed by atoms with van der Waals surface area (Å²) in [7, 11) is -2.41. The quantitative estimate of drug-likeness (QED) is 0.738. The summed E-state index contributed by atoms with van der Waals surface area (Å²) in [5.74, 6) is 0.496. The van der Waals surface area contributed by atoms with Crippen LogP contribution in [-0.2, 0) is 16.6 Å². The highest BCUT2D eigenvalue weighted by Gasteiger charge is 2.23. The van der Waals surface area contributed by atoms with E-state index in [-0.39, 0.29) is 10.6 Å². The molecule has 2 aromatic rings. The SMILES string of the molecule is COc1cc(NS(=O)(=O)c2n[nH]c(C)c2CO)ccc1Br. The molecule has 1 aromatic heterocycles. The Labute approximate surface area is 130 Å². The molecule has 0 bridgehead atoms. The maximum atomic E-state index is 12.3. The maximum Gasteiger partial charge on any atom is 0.281 e. The molecule has 1 heterocycles. The van der Waals surface area contributed by atoms with E-state index in [1.807, 2.05) is 0 Å². The lowest BCUT2D eigenvalue weighted by Crippen LogP contribution is -2.15. The van der Waals surface area contributed by atoms with Crippen molar-refractivity contribution in [2.24, 2.45) is 0 Å². The molecule has 3 N–H and O–H groups in total. The van der Waals surface area contributed by atoms with Gasteiger partial charge in [-0.2, -0.15) is 13.5 Å². The second kappa shape index (κ2) is 6.04. The maximum absolute atomic E-state index is 12.3. The van der Waals surface area contributed by atoms with E-state index in [0.717, 1.165) is 0 Å². The van der Waals surface area contributed by atoms with Crippen molar-refractivity contribution in [3.8, 4) is 5.75 Å². The number of hydrogen-bond donors (Lipinski definition) is 3. The molecule has 0 aliphatic rings. The zero-order valence-corrected chi connectivity index (χ0v) is 13.7. The second-order valence-corrected chi connectivity index (χ2v) is 6.70. The number of halogens is 1. The highest BCUT2D eigenvalue weighted by molar-refractivity contribution is 9.10. The second-order valence-electron chi connectivity index (χ2n) is 4.25. The molecule has 1 aromatic carbocycles. The van der Waals surface area contributed by atoms with Crippen LogP contribution in [0.2, 0.25) is 0 Å². The zero-order chi connectivity index (χ0) is 15.6. The number of anilines is 1. The van der Waals surface area contributed by atoms with E-state index >= 15 is 0 Å². The van der Waals surface area contributed by atoms with E-state index in [9.17, 15) is 13.5 Å². The summed E-state index contributed by atoms with van der Waals surface area (Å²) in [4.78, 5) is 0. The molecule has 0 radical (unpaired) electrons. The van der Waals surface area contributed by atoms with Crippen LogP contribution in [0.15, 0.2) is 27.7 Å². The Morgan fingerprint density at radius 3 is 2.81 bits per heavy atom. The highest BCUT2D eigenvalue weighted by Crippen LogP contribution is 2.29. The normalized spacial score (nSPS) is 11.4. The van der Waals surface area contributed by atoms with Crippen molar-refractivity contribution in [2.45, 2.75) is 18.6 Å². The zero-order valence-electron chi connectivity index (χ0n) is 11.3. The molecular weight excluding hydrogens is 362 g/mol. The Morgan fingerprint density at radius 1 is 1.48 bits per heavy atom. The Bertz CT molecular complexity index is 758. The number of nitrogens with zero attached hydrogens (tertiary/aromatic N) is 1. The Hall–Kier alpha value is -1.58. The van der Waals surface area contributed by atoms with Crippen LogP contribution in [0.4, 0.5) is 5.69 Å². The molecule has 7 nitrogen and oxygen atoms in total. The van der Waals surface area contributed by atoms with Crippen molar-refractivity contribution >= 4 is 31.6 Å². The largest absolute Gasteiger partial charge is 0.495 e. The third-order valence-corrected chi connectivity index (χ3v) is 4.86. The lowest BCUT2D eigenvalue weighted by Gasteiger charge is -2.09. The Morgan fingerprint density at radius 2 is 2.19 bits per heavy atom. The molecule has 0 amide bonds. The molecule has 0 saturated heterocycles. The molecule has 0 fully saturated rings. The van der Waals surface area contributed by atoms with Crippen LogP contribution in [0.3, 0.4) is 0 Å². The molecule has 0 spiro atoms. The fourth-order valence-electron chi connectivity index (χ4n) is 1.77. The van der Waals surface area contributed by atoms with Crippen molar-refractivity contribution in [1.82, 2.24) is 10.2 Å². The van der Waals surface area contributed by atoms with Crippen molar-refractivity contribution in [2.75, 3.05) is 11.8 Å². The number of ether oxygens (including phenoxy) is 1. The number of methoxy groups -OCH3 is 1. The van der Waals surface area contributed by atoms with Gasteiger partial charge in [0.15, 0.2) is 0 Å². The number of aromatic nitrogens is 2. The molecule has 9 heteroatoms. The summed E-state index contributed by atoms with van der Waals surface area (Å²) in [6.07, 6.45) is 0. The number of benzene rings is 1. The number of nitrogens with one attached hydrogen (secondary N) is 2. The van der Waals surface area contributed by atoms with Gasteiger partial charge in [-0.3, -0.25) is 9.82 Å². The van der Waals surface area contributed by atoms with Crippen LogP contribution in [0.1, 0.15) is 11.3 Å². The summed E-state index contributed by atoms with van der Waals surface area (Å²) in [6.45, 7) is 1.22. The first-order valence-electron chi connectivity index (χ1n) is 5.90. The summed E-state index contributed by atoms with van der Waals surface area (Å²) >= 11 is 3.29. The summed E-state index contributed by atoms with van der Waals surface area (Å²) in [6, 6.07) is 4.79. The van der Waals surface area contributed by atoms with E-state index in [2.05, 4.69) is 30.8 Å². The number of aromatic amines is 1. The van der Waals surface area contributed by atoms with E-state index in [1.54, 1.807) is 25.1 Å². The first-order valence-corrected chi connectivity index (χ1v) is 8.17. The van der Waals surface area contributed by atoms with Gasteiger partial charge < -0.3 is 9.84 Å². The van der Waals surface area contributed by atoms with Crippen LogP contribution < -0.4 is 9.46 Å². The molecular formula is C12H14BrN3O4S. The molecule has 2 rings (SSSR count). The van der Waals surface area contributed by atoms with Gasteiger partial charge in [-0.25, -0.2) is 0 Å². The third-order valence-electron chi connectivity index (χ3n) is 2.85. The topological polar surface area (TPSA) is 104 Å². The van der Waals surface area contributed by atoms with Gasteiger partial charge >= 0.3 is 0 Å².